The minimum Gasteiger partial charge on any atom is -0.340 e. The third-order valence-corrected chi connectivity index (χ3v) is 5.51. The van der Waals surface area contributed by atoms with E-state index in [4.69, 9.17) is 0 Å². The number of carbonyl (C=O) groups is 2. The average molecular weight is 364 g/mol. The number of hydrogen-bond donors (Lipinski definition) is 2. The van der Waals surface area contributed by atoms with Crippen molar-refractivity contribution in [1.29, 1.82) is 0 Å². The first-order valence-corrected chi connectivity index (χ1v) is 9.45. The summed E-state index contributed by atoms with van der Waals surface area (Å²) in [6, 6.07) is 12.7. The number of aromatic nitrogens is 1. The average Bonchev–Trinajstić information content (AvgIpc) is 3.30. The highest BCUT2D eigenvalue weighted by atomic mass is 16.2. The molecular formula is C21H24N4O2. The Morgan fingerprint density at radius 3 is 2.52 bits per heavy atom. The molecule has 27 heavy (non-hydrogen) atoms. The lowest BCUT2D eigenvalue weighted by molar-refractivity contribution is -0.132. The van der Waals surface area contributed by atoms with E-state index < -0.39 is 6.04 Å². The van der Waals surface area contributed by atoms with Crippen molar-refractivity contribution in [3.05, 3.63) is 66.0 Å². The van der Waals surface area contributed by atoms with Gasteiger partial charge in [0.25, 0.3) is 5.91 Å². The number of likely N-dealkylation sites (tertiary alicyclic amines) is 1. The highest BCUT2D eigenvalue weighted by Crippen LogP contribution is 2.27. The maximum atomic E-state index is 13.2. The van der Waals surface area contributed by atoms with Crippen molar-refractivity contribution in [2.24, 2.45) is 11.8 Å². The van der Waals surface area contributed by atoms with Gasteiger partial charge >= 0.3 is 0 Å². The van der Waals surface area contributed by atoms with E-state index in [1.165, 1.54) is 6.20 Å². The van der Waals surface area contributed by atoms with Gasteiger partial charge in [-0.15, -0.1) is 0 Å². The molecule has 3 heterocycles. The summed E-state index contributed by atoms with van der Waals surface area (Å²) in [4.78, 5) is 31.8. The Kier molecular flexibility index (Phi) is 5.16. The second kappa shape index (κ2) is 7.88. The fraction of sp³-hybridized carbons (Fsp3) is 0.381. The van der Waals surface area contributed by atoms with Crippen LogP contribution in [0.2, 0.25) is 0 Å². The lowest BCUT2D eigenvalue weighted by atomic mass is 10.0. The minimum absolute atomic E-state index is 0.00509. The Bertz CT molecular complexity index is 784. The zero-order chi connectivity index (χ0) is 18.6. The molecular weight excluding hydrogens is 340 g/mol. The van der Waals surface area contributed by atoms with E-state index in [1.807, 2.05) is 35.2 Å². The molecule has 2 aliphatic heterocycles. The lowest BCUT2D eigenvalue weighted by Crippen LogP contribution is -2.49. The Morgan fingerprint density at radius 1 is 1.11 bits per heavy atom. The predicted octanol–water partition coefficient (Wildman–Crippen LogP) is 1.10. The van der Waals surface area contributed by atoms with Crippen LogP contribution in [0.3, 0.4) is 0 Å². The Morgan fingerprint density at radius 2 is 1.85 bits per heavy atom. The van der Waals surface area contributed by atoms with E-state index in [9.17, 15) is 9.59 Å². The van der Waals surface area contributed by atoms with Crippen LogP contribution in [-0.2, 0) is 11.2 Å². The molecule has 2 N–H and O–H groups in total. The first-order chi connectivity index (χ1) is 13.2. The molecule has 0 aliphatic carbocycles. The van der Waals surface area contributed by atoms with Gasteiger partial charge in [0.2, 0.25) is 5.91 Å². The SMILES string of the molecule is O=C(NC(Cc1ccccc1)C(=O)N1C[C@H]2CNC[C@H]2C1)c1cccnc1. The maximum absolute atomic E-state index is 13.2. The van der Waals surface area contributed by atoms with Gasteiger partial charge in [0.05, 0.1) is 5.56 Å². The molecule has 0 spiro atoms. The van der Waals surface area contributed by atoms with Gasteiger partial charge in [-0.1, -0.05) is 30.3 Å². The minimum atomic E-state index is -0.577. The lowest BCUT2D eigenvalue weighted by Gasteiger charge is -2.25. The Balaban J connectivity index is 1.50. The standard InChI is InChI=1S/C21H24N4O2/c26-20(16-7-4-8-22-10-16)24-19(9-15-5-2-1-3-6-15)21(27)25-13-17-11-23-12-18(17)14-25/h1-8,10,17-19,23H,9,11-14H2,(H,24,26)/t17-,18+,19?. The van der Waals surface area contributed by atoms with Crippen molar-refractivity contribution in [3.8, 4) is 0 Å². The molecule has 3 atom stereocenters. The predicted molar refractivity (Wildman–Crippen MR) is 102 cm³/mol. The quantitative estimate of drug-likeness (QED) is 0.833. The van der Waals surface area contributed by atoms with Crippen LogP contribution < -0.4 is 10.6 Å². The van der Waals surface area contributed by atoms with E-state index in [1.54, 1.807) is 18.3 Å². The van der Waals surface area contributed by atoms with E-state index in [0.717, 1.165) is 31.7 Å². The molecule has 2 fully saturated rings. The molecule has 4 rings (SSSR count). The molecule has 0 saturated carbocycles. The monoisotopic (exact) mass is 364 g/mol. The van der Waals surface area contributed by atoms with Gasteiger partial charge in [0, 0.05) is 45.0 Å². The topological polar surface area (TPSA) is 74.3 Å². The molecule has 0 radical (unpaired) electrons. The van der Waals surface area contributed by atoms with Gasteiger partial charge in [0.15, 0.2) is 0 Å². The molecule has 2 aromatic rings. The number of amides is 2. The molecule has 1 unspecified atom stereocenters. The van der Waals surface area contributed by atoms with Gasteiger partial charge < -0.3 is 15.5 Å². The first kappa shape index (κ1) is 17.7. The highest BCUT2D eigenvalue weighted by molar-refractivity contribution is 5.97. The molecule has 140 valence electrons. The van der Waals surface area contributed by atoms with Crippen LogP contribution in [0.5, 0.6) is 0 Å². The molecule has 6 nitrogen and oxygen atoms in total. The summed E-state index contributed by atoms with van der Waals surface area (Å²) in [5.74, 6) is 0.796. The van der Waals surface area contributed by atoms with Crippen LogP contribution in [0.1, 0.15) is 15.9 Å². The smallest absolute Gasteiger partial charge is 0.253 e. The summed E-state index contributed by atoms with van der Waals surface area (Å²) in [5.41, 5.74) is 1.49. The van der Waals surface area contributed by atoms with E-state index >= 15 is 0 Å². The van der Waals surface area contributed by atoms with Crippen LogP contribution >= 0.6 is 0 Å². The fourth-order valence-electron chi connectivity index (χ4n) is 4.04. The first-order valence-electron chi connectivity index (χ1n) is 9.45. The van der Waals surface area contributed by atoms with Gasteiger partial charge in [0.1, 0.15) is 6.04 Å². The van der Waals surface area contributed by atoms with Crippen molar-refractivity contribution in [3.63, 3.8) is 0 Å². The van der Waals surface area contributed by atoms with Gasteiger partial charge in [-0.05, 0) is 29.5 Å². The number of nitrogens with one attached hydrogen (secondary N) is 2. The zero-order valence-electron chi connectivity index (χ0n) is 15.2. The summed E-state index contributed by atoms with van der Waals surface area (Å²) < 4.78 is 0. The van der Waals surface area contributed by atoms with Crippen LogP contribution in [-0.4, -0.2) is 53.9 Å². The van der Waals surface area contributed by atoms with E-state index in [2.05, 4.69) is 15.6 Å². The number of rotatable bonds is 5. The molecule has 1 aromatic heterocycles. The zero-order valence-corrected chi connectivity index (χ0v) is 15.2. The van der Waals surface area contributed by atoms with Gasteiger partial charge in [-0.25, -0.2) is 0 Å². The molecule has 2 aliphatic rings. The number of pyridine rings is 1. The number of nitrogens with zero attached hydrogens (tertiary/aromatic N) is 2. The van der Waals surface area contributed by atoms with Crippen LogP contribution in [0.15, 0.2) is 54.9 Å². The number of carbonyl (C=O) groups excluding carboxylic acids is 2. The molecule has 2 saturated heterocycles. The normalized spacial score (nSPS) is 22.3. The molecule has 1 aromatic carbocycles. The number of fused-ring (bicyclic) bond motifs is 1. The summed E-state index contributed by atoms with van der Waals surface area (Å²) in [6.45, 7) is 3.48. The van der Waals surface area contributed by atoms with E-state index in [-0.39, 0.29) is 11.8 Å². The highest BCUT2D eigenvalue weighted by Gasteiger charge is 2.40. The second-order valence-electron chi connectivity index (χ2n) is 7.38. The van der Waals surface area contributed by atoms with Crippen molar-refractivity contribution in [2.75, 3.05) is 26.2 Å². The summed E-state index contributed by atoms with van der Waals surface area (Å²) >= 11 is 0. The Labute approximate surface area is 159 Å². The van der Waals surface area contributed by atoms with Crippen molar-refractivity contribution in [2.45, 2.75) is 12.5 Å². The summed E-state index contributed by atoms with van der Waals surface area (Å²) in [5, 5.41) is 6.33. The van der Waals surface area contributed by atoms with Gasteiger partial charge in [-0.2, -0.15) is 0 Å². The largest absolute Gasteiger partial charge is 0.340 e. The van der Waals surface area contributed by atoms with Crippen molar-refractivity contribution in [1.82, 2.24) is 20.5 Å². The Hall–Kier alpha value is -2.73. The maximum Gasteiger partial charge on any atom is 0.253 e. The second-order valence-corrected chi connectivity index (χ2v) is 7.38. The third-order valence-electron chi connectivity index (χ3n) is 5.51. The summed E-state index contributed by atoms with van der Waals surface area (Å²) in [6.07, 6.45) is 3.63. The number of benzene rings is 1. The van der Waals surface area contributed by atoms with Crippen LogP contribution in [0.4, 0.5) is 0 Å². The van der Waals surface area contributed by atoms with Crippen LogP contribution in [0, 0.1) is 11.8 Å². The van der Waals surface area contributed by atoms with E-state index in [0.29, 0.717) is 23.8 Å². The number of hydrogen-bond acceptors (Lipinski definition) is 4. The van der Waals surface area contributed by atoms with Crippen LogP contribution in [0.25, 0.3) is 0 Å². The fourth-order valence-corrected chi connectivity index (χ4v) is 4.04. The molecule has 6 heteroatoms. The van der Waals surface area contributed by atoms with Gasteiger partial charge in [-0.3, -0.25) is 14.6 Å². The van der Waals surface area contributed by atoms with Crippen molar-refractivity contribution >= 4 is 11.8 Å². The molecule has 2 amide bonds. The summed E-state index contributed by atoms with van der Waals surface area (Å²) in [7, 11) is 0. The molecule has 0 bridgehead atoms. The van der Waals surface area contributed by atoms with Crippen molar-refractivity contribution < 1.29 is 9.59 Å². The third kappa shape index (κ3) is 4.01.